The second kappa shape index (κ2) is 6.30. The summed E-state index contributed by atoms with van der Waals surface area (Å²) in [5.74, 6) is 1.25. The van der Waals surface area contributed by atoms with Crippen LogP contribution in [0.15, 0.2) is 18.3 Å². The van der Waals surface area contributed by atoms with E-state index in [0.29, 0.717) is 17.9 Å². The normalized spacial score (nSPS) is 23.8. The Kier molecular flexibility index (Phi) is 4.72. The van der Waals surface area contributed by atoms with E-state index in [2.05, 4.69) is 37.1 Å². The van der Waals surface area contributed by atoms with Crippen molar-refractivity contribution in [2.24, 2.45) is 11.8 Å². The number of hydrogen-bond donors (Lipinski definition) is 1. The van der Waals surface area contributed by atoms with Gasteiger partial charge in [0.2, 0.25) is 0 Å². The highest BCUT2D eigenvalue weighted by Gasteiger charge is 2.30. The van der Waals surface area contributed by atoms with Crippen LogP contribution in [0, 0.1) is 18.8 Å². The quantitative estimate of drug-likeness (QED) is 0.869. The second-order valence-corrected chi connectivity index (χ2v) is 5.53. The molecule has 0 amide bonds. The summed E-state index contributed by atoms with van der Waals surface area (Å²) in [7, 11) is 0. The molecule has 3 heteroatoms. The van der Waals surface area contributed by atoms with E-state index in [9.17, 15) is 0 Å². The molecule has 1 saturated heterocycles. The molecule has 2 atom stereocenters. The number of aryl methyl sites for hydroxylation is 1. The lowest BCUT2D eigenvalue weighted by Crippen LogP contribution is -2.31. The second-order valence-electron chi connectivity index (χ2n) is 5.53. The zero-order valence-electron chi connectivity index (χ0n) is 11.6. The van der Waals surface area contributed by atoms with Crippen LogP contribution in [0.5, 0.6) is 0 Å². The Labute approximate surface area is 110 Å². The number of aromatic nitrogens is 1. The van der Waals surface area contributed by atoms with Gasteiger partial charge in [0.1, 0.15) is 0 Å². The maximum Gasteiger partial charge on any atom is 0.0639 e. The SMILES string of the molecule is Cc1cccnc1CNC[C@H]1CCO[C@@H]1C(C)C. The van der Waals surface area contributed by atoms with Gasteiger partial charge < -0.3 is 10.1 Å². The van der Waals surface area contributed by atoms with Crippen LogP contribution in [0.4, 0.5) is 0 Å². The standard InChI is InChI=1S/C15H24N2O/c1-11(2)15-13(6-8-18-15)9-16-10-14-12(3)5-4-7-17-14/h4-5,7,11,13,15-16H,6,8-10H2,1-3H3/t13-,15-/m1/s1. The maximum absolute atomic E-state index is 5.80. The molecule has 1 aromatic rings. The molecule has 100 valence electrons. The van der Waals surface area contributed by atoms with E-state index in [-0.39, 0.29) is 0 Å². The number of rotatable bonds is 5. The predicted molar refractivity (Wildman–Crippen MR) is 73.4 cm³/mol. The zero-order valence-corrected chi connectivity index (χ0v) is 11.6. The molecule has 0 aromatic carbocycles. The van der Waals surface area contributed by atoms with E-state index in [1.165, 1.54) is 12.0 Å². The fourth-order valence-corrected chi connectivity index (χ4v) is 2.69. The van der Waals surface area contributed by atoms with E-state index in [1.54, 1.807) is 0 Å². The van der Waals surface area contributed by atoms with Gasteiger partial charge in [0.05, 0.1) is 11.8 Å². The average molecular weight is 248 g/mol. The van der Waals surface area contributed by atoms with E-state index in [0.717, 1.165) is 25.4 Å². The van der Waals surface area contributed by atoms with Gasteiger partial charge in [-0.05, 0) is 36.8 Å². The van der Waals surface area contributed by atoms with Gasteiger partial charge in [0.15, 0.2) is 0 Å². The molecule has 1 N–H and O–H groups in total. The topological polar surface area (TPSA) is 34.2 Å². The molecular weight excluding hydrogens is 224 g/mol. The van der Waals surface area contributed by atoms with Crippen molar-refractivity contribution in [2.45, 2.75) is 39.8 Å². The number of hydrogen-bond acceptors (Lipinski definition) is 3. The highest BCUT2D eigenvalue weighted by atomic mass is 16.5. The van der Waals surface area contributed by atoms with Crippen molar-refractivity contribution in [1.29, 1.82) is 0 Å². The fourth-order valence-electron chi connectivity index (χ4n) is 2.69. The molecule has 2 rings (SSSR count). The van der Waals surface area contributed by atoms with Gasteiger partial charge in [-0.3, -0.25) is 4.98 Å². The first-order valence-electron chi connectivity index (χ1n) is 6.91. The van der Waals surface area contributed by atoms with E-state index in [1.807, 2.05) is 12.3 Å². The summed E-state index contributed by atoms with van der Waals surface area (Å²) in [6.45, 7) is 9.39. The largest absolute Gasteiger partial charge is 0.378 e. The minimum absolute atomic E-state index is 0.419. The molecule has 18 heavy (non-hydrogen) atoms. The zero-order chi connectivity index (χ0) is 13.0. The Hall–Kier alpha value is -0.930. The van der Waals surface area contributed by atoms with Crippen molar-refractivity contribution in [3.8, 4) is 0 Å². The first kappa shape index (κ1) is 13.5. The van der Waals surface area contributed by atoms with E-state index < -0.39 is 0 Å². The summed E-state index contributed by atoms with van der Waals surface area (Å²) >= 11 is 0. The van der Waals surface area contributed by atoms with E-state index >= 15 is 0 Å². The number of nitrogens with one attached hydrogen (secondary N) is 1. The number of pyridine rings is 1. The molecule has 1 aliphatic rings. The molecule has 0 unspecified atom stereocenters. The van der Waals surface area contributed by atoms with Crippen LogP contribution in [0.25, 0.3) is 0 Å². The first-order chi connectivity index (χ1) is 8.68. The smallest absolute Gasteiger partial charge is 0.0639 e. The molecule has 0 bridgehead atoms. The van der Waals surface area contributed by atoms with E-state index in [4.69, 9.17) is 4.74 Å². The average Bonchev–Trinajstić information content (AvgIpc) is 2.80. The molecule has 1 fully saturated rings. The minimum atomic E-state index is 0.419. The summed E-state index contributed by atoms with van der Waals surface area (Å²) < 4.78 is 5.80. The van der Waals surface area contributed by atoms with Gasteiger partial charge in [-0.25, -0.2) is 0 Å². The van der Waals surface area contributed by atoms with Crippen LogP contribution in [-0.4, -0.2) is 24.2 Å². The number of nitrogens with zero attached hydrogens (tertiary/aromatic N) is 1. The maximum atomic E-state index is 5.80. The van der Waals surface area contributed by atoms with Gasteiger partial charge in [0.25, 0.3) is 0 Å². The van der Waals surface area contributed by atoms with Crippen LogP contribution in [0.3, 0.4) is 0 Å². The monoisotopic (exact) mass is 248 g/mol. The summed E-state index contributed by atoms with van der Waals surface area (Å²) in [5.41, 5.74) is 2.41. The Morgan fingerprint density at radius 1 is 1.50 bits per heavy atom. The van der Waals surface area contributed by atoms with Crippen molar-refractivity contribution in [2.75, 3.05) is 13.2 Å². The van der Waals surface area contributed by atoms with Crippen molar-refractivity contribution in [3.63, 3.8) is 0 Å². The van der Waals surface area contributed by atoms with Crippen molar-refractivity contribution in [1.82, 2.24) is 10.3 Å². The Morgan fingerprint density at radius 3 is 3.06 bits per heavy atom. The van der Waals surface area contributed by atoms with Gasteiger partial charge in [-0.15, -0.1) is 0 Å². The number of ether oxygens (including phenoxy) is 1. The lowest BCUT2D eigenvalue weighted by atomic mass is 9.93. The third-order valence-corrected chi connectivity index (χ3v) is 3.74. The minimum Gasteiger partial charge on any atom is -0.378 e. The highest BCUT2D eigenvalue weighted by molar-refractivity contribution is 5.17. The molecule has 0 radical (unpaired) electrons. The molecular formula is C15H24N2O. The Balaban J connectivity index is 1.80. The summed E-state index contributed by atoms with van der Waals surface area (Å²) in [6.07, 6.45) is 3.46. The first-order valence-corrected chi connectivity index (χ1v) is 6.91. The molecule has 0 spiro atoms. The van der Waals surface area contributed by atoms with Crippen molar-refractivity contribution < 1.29 is 4.74 Å². The lowest BCUT2D eigenvalue weighted by molar-refractivity contribution is 0.0539. The molecule has 1 aromatic heterocycles. The third-order valence-electron chi connectivity index (χ3n) is 3.74. The van der Waals surface area contributed by atoms with Crippen molar-refractivity contribution in [3.05, 3.63) is 29.6 Å². The summed E-state index contributed by atoms with van der Waals surface area (Å²) in [4.78, 5) is 4.40. The predicted octanol–water partition coefficient (Wildman–Crippen LogP) is 2.54. The Morgan fingerprint density at radius 2 is 2.33 bits per heavy atom. The molecule has 0 aliphatic carbocycles. The van der Waals surface area contributed by atoms with Gasteiger partial charge in [0, 0.05) is 25.9 Å². The van der Waals surface area contributed by atoms with Crippen LogP contribution in [0.2, 0.25) is 0 Å². The van der Waals surface area contributed by atoms with Crippen molar-refractivity contribution >= 4 is 0 Å². The van der Waals surface area contributed by atoms with Crippen LogP contribution < -0.4 is 5.32 Å². The molecule has 2 heterocycles. The summed E-state index contributed by atoms with van der Waals surface area (Å²) in [5, 5.41) is 3.53. The highest BCUT2D eigenvalue weighted by Crippen LogP contribution is 2.26. The van der Waals surface area contributed by atoms with Gasteiger partial charge in [-0.1, -0.05) is 19.9 Å². The molecule has 0 saturated carbocycles. The Bertz CT molecular complexity index is 379. The lowest BCUT2D eigenvalue weighted by Gasteiger charge is -2.22. The third kappa shape index (κ3) is 3.30. The molecule has 3 nitrogen and oxygen atoms in total. The van der Waals surface area contributed by atoms with Crippen LogP contribution >= 0.6 is 0 Å². The van der Waals surface area contributed by atoms with Gasteiger partial charge in [-0.2, -0.15) is 0 Å². The summed E-state index contributed by atoms with van der Waals surface area (Å²) in [6, 6.07) is 4.10. The molecule has 1 aliphatic heterocycles. The van der Waals surface area contributed by atoms with Crippen LogP contribution in [0.1, 0.15) is 31.5 Å². The van der Waals surface area contributed by atoms with Gasteiger partial charge >= 0.3 is 0 Å². The fraction of sp³-hybridized carbons (Fsp3) is 0.667. The van der Waals surface area contributed by atoms with Crippen LogP contribution in [-0.2, 0) is 11.3 Å².